The minimum Gasteiger partial charge on any atom is -0.388 e. The van der Waals surface area contributed by atoms with Crippen molar-refractivity contribution in [2.24, 2.45) is 5.73 Å². The fraction of sp³-hybridized carbons (Fsp3) is 0.500. The van der Waals surface area contributed by atoms with Gasteiger partial charge in [-0.3, -0.25) is 5.41 Å². The number of nitrogens with one attached hydrogen (secondary N) is 1. The number of halogens is 1. The van der Waals surface area contributed by atoms with E-state index in [9.17, 15) is 0 Å². The summed E-state index contributed by atoms with van der Waals surface area (Å²) in [4.78, 5) is 2.31. The number of allylic oxidation sites excluding steroid dienone is 3. The number of fused-ring (bicyclic) bond motifs is 2. The maximum atomic E-state index is 7.74. The fourth-order valence-corrected chi connectivity index (χ4v) is 5.19. The van der Waals surface area contributed by atoms with Gasteiger partial charge >= 0.3 is 0 Å². The lowest BCUT2D eigenvalue weighted by Gasteiger charge is -2.49. The van der Waals surface area contributed by atoms with Crippen molar-refractivity contribution in [1.29, 1.82) is 5.41 Å². The zero-order chi connectivity index (χ0) is 22.3. The lowest BCUT2D eigenvalue weighted by atomic mass is 9.62. The number of anilines is 1. The first-order chi connectivity index (χ1) is 14.4. The van der Waals surface area contributed by atoms with E-state index in [-0.39, 0.29) is 11.3 Å². The maximum Gasteiger partial charge on any atom is 0.0923 e. The highest BCUT2D eigenvalue weighted by Crippen LogP contribution is 2.55. The quantitative estimate of drug-likeness (QED) is 0.349. The molecule has 1 aliphatic carbocycles. The van der Waals surface area contributed by atoms with Crippen molar-refractivity contribution in [2.75, 3.05) is 11.4 Å². The van der Waals surface area contributed by atoms with Crippen LogP contribution in [-0.4, -0.2) is 12.4 Å². The second-order valence-electron chi connectivity index (χ2n) is 8.05. The molecule has 1 spiro atoms. The van der Waals surface area contributed by atoms with E-state index in [0.29, 0.717) is 13.0 Å². The molecule has 3 nitrogen and oxygen atoms in total. The number of nitrogens with zero attached hydrogens (tertiary/aromatic N) is 1. The van der Waals surface area contributed by atoms with E-state index in [1.54, 1.807) is 0 Å². The van der Waals surface area contributed by atoms with E-state index >= 15 is 0 Å². The summed E-state index contributed by atoms with van der Waals surface area (Å²) in [5, 5.41) is 8.51. The van der Waals surface area contributed by atoms with Crippen molar-refractivity contribution in [3.8, 4) is 0 Å². The summed E-state index contributed by atoms with van der Waals surface area (Å²) in [5.74, 6) is 0.203. The average Bonchev–Trinajstić information content (AvgIpc) is 2.75. The lowest BCUT2D eigenvalue weighted by Crippen LogP contribution is -2.42. The van der Waals surface area contributed by atoms with Gasteiger partial charge in [-0.05, 0) is 54.2 Å². The van der Waals surface area contributed by atoms with Gasteiger partial charge in [0.05, 0.1) is 5.84 Å². The topological polar surface area (TPSA) is 53.1 Å². The Labute approximate surface area is 188 Å². The Morgan fingerprint density at radius 3 is 2.47 bits per heavy atom. The smallest absolute Gasteiger partial charge is 0.0923 e. The first kappa shape index (κ1) is 24.3. The Kier molecular flexibility index (Phi) is 8.78. The van der Waals surface area contributed by atoms with Gasteiger partial charge in [0.25, 0.3) is 0 Å². The Morgan fingerprint density at radius 1 is 1.23 bits per heavy atom. The summed E-state index contributed by atoms with van der Waals surface area (Å²) in [6.45, 7) is 15.5. The Bertz CT molecular complexity index is 816. The van der Waals surface area contributed by atoms with Crippen molar-refractivity contribution in [3.63, 3.8) is 0 Å². The normalized spacial score (nSPS) is 17.1. The number of nitrogens with two attached hydrogens (primary N) is 1. The predicted octanol–water partition coefficient (Wildman–Crippen LogP) is 7.51. The first-order valence-electron chi connectivity index (χ1n) is 11.4. The zero-order valence-corrected chi connectivity index (χ0v) is 19.7. The molecule has 3 N–H and O–H groups in total. The summed E-state index contributed by atoms with van der Waals surface area (Å²) in [6.07, 6.45) is 10.5. The van der Waals surface area contributed by atoms with Gasteiger partial charge in [-0.1, -0.05) is 77.3 Å². The second kappa shape index (κ2) is 10.9. The molecule has 4 heteroatoms. The van der Waals surface area contributed by atoms with Crippen LogP contribution in [0.15, 0.2) is 54.3 Å². The molecule has 1 heterocycles. The van der Waals surface area contributed by atoms with Gasteiger partial charge in [0.1, 0.15) is 0 Å². The molecule has 0 saturated heterocycles. The van der Waals surface area contributed by atoms with Crippen LogP contribution in [0.4, 0.5) is 5.69 Å². The number of benzene rings is 1. The molecule has 164 valence electrons. The minimum atomic E-state index is -0.0427. The van der Waals surface area contributed by atoms with Crippen LogP contribution >= 0.6 is 11.6 Å². The second-order valence-corrected chi connectivity index (χ2v) is 8.49. The minimum absolute atomic E-state index is 0.0427. The van der Waals surface area contributed by atoms with E-state index in [1.165, 1.54) is 41.8 Å². The highest BCUT2D eigenvalue weighted by Gasteiger charge is 2.44. The van der Waals surface area contributed by atoms with Crippen LogP contribution in [0.1, 0.15) is 77.7 Å². The molecule has 0 amide bonds. The molecule has 2 aliphatic rings. The number of rotatable bonds is 7. The molecule has 0 unspecified atom stereocenters. The van der Waals surface area contributed by atoms with Crippen LogP contribution in [0.25, 0.3) is 0 Å². The van der Waals surface area contributed by atoms with Crippen molar-refractivity contribution < 1.29 is 0 Å². The summed E-state index contributed by atoms with van der Waals surface area (Å²) in [6, 6.07) is 6.25. The lowest BCUT2D eigenvalue weighted by molar-refractivity contribution is 0.339. The molecule has 30 heavy (non-hydrogen) atoms. The van der Waals surface area contributed by atoms with E-state index in [4.69, 9.17) is 22.7 Å². The molecule has 1 aromatic rings. The molecular weight excluding hydrogens is 390 g/mol. The third-order valence-corrected chi connectivity index (χ3v) is 6.44. The van der Waals surface area contributed by atoms with Crippen LogP contribution in [0.2, 0.25) is 5.02 Å². The van der Waals surface area contributed by atoms with Gasteiger partial charge in [-0.25, -0.2) is 0 Å². The van der Waals surface area contributed by atoms with Gasteiger partial charge in [0, 0.05) is 34.8 Å². The highest BCUT2D eigenvalue weighted by atomic mass is 35.5. The van der Waals surface area contributed by atoms with Gasteiger partial charge < -0.3 is 10.6 Å². The number of hydrogen-bond acceptors (Lipinski definition) is 2. The molecule has 0 atom stereocenters. The molecule has 1 fully saturated rings. The number of hydrogen-bond donors (Lipinski definition) is 2. The molecule has 1 aliphatic heterocycles. The average molecular weight is 428 g/mol. The molecule has 1 aromatic carbocycles. The van der Waals surface area contributed by atoms with Crippen LogP contribution in [0.3, 0.4) is 0 Å². The van der Waals surface area contributed by atoms with Crippen LogP contribution < -0.4 is 10.6 Å². The molecule has 0 radical (unpaired) electrons. The standard InChI is InChI=1S/C24H32ClN3.C2H6/c1-4-9-17(3)23-19(5-2)24(13-7-6-8-14-24)20-16-18(25)10-11-21(20)28(23)15-12-22(26)27;1-2/h5,10-11,16H,2-4,6-9,12-15H2,1H3,(H3,26,27);1-2H3. The fourth-order valence-electron chi connectivity index (χ4n) is 5.02. The van der Waals surface area contributed by atoms with Crippen molar-refractivity contribution >= 4 is 23.1 Å². The van der Waals surface area contributed by atoms with Gasteiger partial charge in [-0.15, -0.1) is 0 Å². The third-order valence-electron chi connectivity index (χ3n) is 6.21. The highest BCUT2D eigenvalue weighted by molar-refractivity contribution is 6.30. The number of amidine groups is 1. The largest absolute Gasteiger partial charge is 0.388 e. The van der Waals surface area contributed by atoms with E-state index in [2.05, 4.69) is 37.1 Å². The maximum absolute atomic E-state index is 7.74. The Hall–Kier alpha value is -2.00. The Morgan fingerprint density at radius 2 is 1.90 bits per heavy atom. The molecule has 1 saturated carbocycles. The van der Waals surface area contributed by atoms with Crippen LogP contribution in [0, 0.1) is 5.41 Å². The summed E-state index contributed by atoms with van der Waals surface area (Å²) < 4.78 is 0. The van der Waals surface area contributed by atoms with Crippen LogP contribution in [-0.2, 0) is 5.41 Å². The van der Waals surface area contributed by atoms with Crippen LogP contribution in [0.5, 0.6) is 0 Å². The molecule has 0 bridgehead atoms. The van der Waals surface area contributed by atoms with Gasteiger partial charge in [0.2, 0.25) is 0 Å². The third kappa shape index (κ3) is 4.67. The zero-order valence-electron chi connectivity index (χ0n) is 19.0. The van der Waals surface area contributed by atoms with Crippen molar-refractivity contribution in [3.05, 3.63) is 64.9 Å². The summed E-state index contributed by atoms with van der Waals surface area (Å²) >= 11 is 6.46. The van der Waals surface area contributed by atoms with E-state index in [0.717, 1.165) is 36.3 Å². The molecule has 0 aromatic heterocycles. The summed E-state index contributed by atoms with van der Waals surface area (Å²) in [5.41, 5.74) is 11.8. The van der Waals surface area contributed by atoms with E-state index in [1.807, 2.05) is 26.0 Å². The SMILES string of the molecule is C=CC1=C(C(=C)CCC)N(CCC(=N)N)c2ccc(Cl)cc2C12CCCCC2.CC. The predicted molar refractivity (Wildman–Crippen MR) is 133 cm³/mol. The molecular formula is C26H38ClN3. The Balaban J connectivity index is 0.00000155. The van der Waals surface area contributed by atoms with Crippen molar-refractivity contribution in [2.45, 2.75) is 77.6 Å². The monoisotopic (exact) mass is 427 g/mol. The molecule has 3 rings (SSSR count). The van der Waals surface area contributed by atoms with Gasteiger partial charge in [-0.2, -0.15) is 0 Å². The van der Waals surface area contributed by atoms with Crippen molar-refractivity contribution in [1.82, 2.24) is 0 Å². The van der Waals surface area contributed by atoms with E-state index < -0.39 is 0 Å². The first-order valence-corrected chi connectivity index (χ1v) is 11.8. The summed E-state index contributed by atoms with van der Waals surface area (Å²) in [7, 11) is 0. The van der Waals surface area contributed by atoms with Gasteiger partial charge in [0.15, 0.2) is 0 Å².